The third kappa shape index (κ3) is 7.07. The van der Waals surface area contributed by atoms with E-state index in [4.69, 9.17) is 13.7 Å². The van der Waals surface area contributed by atoms with Crippen molar-refractivity contribution in [3.63, 3.8) is 0 Å². The molecule has 0 atom stereocenters. The molecule has 0 bridgehead atoms. The van der Waals surface area contributed by atoms with Gasteiger partial charge in [-0.2, -0.15) is 25.3 Å². The predicted octanol–water partition coefficient (Wildman–Crippen LogP) is -8.07. The molecule has 2 aromatic carbocycles. The second kappa shape index (κ2) is 9.76. The molecule has 2 aromatic rings. The zero-order chi connectivity index (χ0) is 16.9. The third-order valence-electron chi connectivity index (χ3n) is 2.73. The average Bonchev–Trinajstić information content (AvgIpc) is 2.33. The van der Waals surface area contributed by atoms with Gasteiger partial charge in [0.25, 0.3) is 30.4 Å². The monoisotopic (exact) mass is 440 g/mol. The summed E-state index contributed by atoms with van der Waals surface area (Å²) in [5, 5.41) is -0.430. The van der Waals surface area contributed by atoms with Gasteiger partial charge >= 0.3 is 88.7 Å². The first kappa shape index (κ1) is 28.6. The molecule has 0 aliphatic carbocycles. The van der Waals surface area contributed by atoms with E-state index in [1.54, 1.807) is 0 Å². The number of benzene rings is 2. The van der Waals surface area contributed by atoms with E-state index in [-0.39, 0.29) is 104 Å². The molecule has 0 saturated heterocycles. The molecule has 0 aliphatic heterocycles. The zero-order valence-electron chi connectivity index (χ0n) is 16.4. The fourth-order valence-electron chi connectivity index (χ4n) is 1.81. The summed E-state index contributed by atoms with van der Waals surface area (Å²) in [5.41, 5.74) is 0. The molecule has 0 heterocycles. The van der Waals surface area contributed by atoms with Crippen molar-refractivity contribution in [2.45, 2.75) is 14.7 Å². The number of rotatable bonds is 3. The van der Waals surface area contributed by atoms with Crippen molar-refractivity contribution in [1.29, 1.82) is 0 Å². The molecule has 0 radical (unpaired) electrons. The maximum absolute atomic E-state index is 11.3. The minimum absolute atomic E-state index is 0. The largest absolute Gasteiger partial charge is 1.00 e. The van der Waals surface area contributed by atoms with Crippen LogP contribution in [0.4, 0.5) is 0 Å². The molecule has 15 heteroatoms. The van der Waals surface area contributed by atoms with E-state index in [0.29, 0.717) is 6.07 Å². The Labute approximate surface area is 215 Å². The molecule has 126 valence electrons. The summed E-state index contributed by atoms with van der Waals surface area (Å²) in [6.07, 6.45) is 0. The number of fused-ring (bicyclic) bond motifs is 1. The SMILES string of the molecule is O=S(=O)(O)c1ccc2c(S(=O)(=O)O)cc(S(=O)(=O)O)cc2c1.[H-].[H-].[H-].[Na+].[Na+].[Na+]. The van der Waals surface area contributed by atoms with Crippen LogP contribution in [0, 0.1) is 0 Å². The Balaban J connectivity index is -0.000000294. The summed E-state index contributed by atoms with van der Waals surface area (Å²) in [4.78, 5) is -2.31. The van der Waals surface area contributed by atoms with E-state index in [9.17, 15) is 25.3 Å². The molecule has 0 unspecified atom stereocenters. The van der Waals surface area contributed by atoms with Gasteiger partial charge in [-0.15, -0.1) is 0 Å². The van der Waals surface area contributed by atoms with Crippen LogP contribution in [0.15, 0.2) is 45.0 Å². The van der Waals surface area contributed by atoms with Crippen LogP contribution in [0.3, 0.4) is 0 Å². The number of hydrogen-bond donors (Lipinski definition) is 3. The maximum Gasteiger partial charge on any atom is 1.00 e. The maximum atomic E-state index is 11.3. The van der Waals surface area contributed by atoms with E-state index in [0.717, 1.165) is 24.3 Å². The summed E-state index contributed by atoms with van der Waals surface area (Å²) >= 11 is 0. The van der Waals surface area contributed by atoms with Gasteiger partial charge in [0, 0.05) is 5.39 Å². The van der Waals surface area contributed by atoms with E-state index < -0.39 is 45.0 Å². The molecule has 0 saturated carbocycles. The van der Waals surface area contributed by atoms with Gasteiger partial charge < -0.3 is 4.28 Å². The van der Waals surface area contributed by atoms with Crippen LogP contribution < -0.4 is 88.7 Å². The van der Waals surface area contributed by atoms with Crippen molar-refractivity contribution < 1.29 is 132 Å². The summed E-state index contributed by atoms with van der Waals surface area (Å²) in [7, 11) is -14.3. The molecule has 2 rings (SSSR count). The van der Waals surface area contributed by atoms with Crippen LogP contribution >= 0.6 is 0 Å². The van der Waals surface area contributed by atoms with Gasteiger partial charge in [-0.05, 0) is 29.7 Å². The van der Waals surface area contributed by atoms with E-state index in [2.05, 4.69) is 0 Å². The minimum Gasteiger partial charge on any atom is -1.00 e. The van der Waals surface area contributed by atoms with E-state index in [1.165, 1.54) is 0 Å². The molecular weight excluding hydrogens is 429 g/mol. The van der Waals surface area contributed by atoms with Gasteiger partial charge in [-0.1, -0.05) is 6.07 Å². The van der Waals surface area contributed by atoms with Crippen LogP contribution in [0.25, 0.3) is 10.8 Å². The standard InChI is InChI=1S/C10H8O9S3.3Na.3H/c11-20(12,13)7-1-2-9-6(3-7)4-8(21(14,15)16)5-10(9)22(17,18)19;;;;;;/h1-5H,(H,11,12,13)(H,14,15,16)(H,17,18,19);;;;;;/q;3*+1;3*-1. The fourth-order valence-corrected chi connectivity index (χ4v) is 3.68. The average molecular weight is 440 g/mol. The molecule has 3 N–H and O–H groups in total. The van der Waals surface area contributed by atoms with Gasteiger partial charge in [0.2, 0.25) is 0 Å². The van der Waals surface area contributed by atoms with E-state index in [1.807, 2.05) is 0 Å². The second-order valence-corrected chi connectivity index (χ2v) is 8.46. The van der Waals surface area contributed by atoms with Gasteiger partial charge in [-0.3, -0.25) is 13.7 Å². The Morgan fingerprint density at radius 3 is 1.48 bits per heavy atom. The van der Waals surface area contributed by atoms with Crippen molar-refractivity contribution in [2.24, 2.45) is 0 Å². The van der Waals surface area contributed by atoms with Gasteiger partial charge in [-0.25, -0.2) is 0 Å². The van der Waals surface area contributed by atoms with Crippen LogP contribution in [0.5, 0.6) is 0 Å². The van der Waals surface area contributed by atoms with Gasteiger partial charge in [0.1, 0.15) is 4.90 Å². The van der Waals surface area contributed by atoms with Gasteiger partial charge in [0.05, 0.1) is 9.79 Å². The van der Waals surface area contributed by atoms with Crippen LogP contribution in [0.2, 0.25) is 0 Å². The quantitative estimate of drug-likeness (QED) is 0.311. The van der Waals surface area contributed by atoms with Crippen molar-refractivity contribution >= 4 is 41.1 Å². The number of hydrogen-bond acceptors (Lipinski definition) is 6. The zero-order valence-corrected chi connectivity index (χ0v) is 21.9. The second-order valence-electron chi connectivity index (χ2n) is 4.23. The fraction of sp³-hybridized carbons (Fsp3) is 0. The topological polar surface area (TPSA) is 163 Å². The normalized spacial score (nSPS) is 11.8. The Kier molecular flexibility index (Phi) is 11.2. The predicted molar refractivity (Wildman–Crippen MR) is 76.7 cm³/mol. The summed E-state index contributed by atoms with van der Waals surface area (Å²) in [6, 6.07) is 3.97. The minimum atomic E-state index is -4.85. The smallest absolute Gasteiger partial charge is 1.00 e. The summed E-state index contributed by atoms with van der Waals surface area (Å²) in [6.45, 7) is 0. The molecular formula is C10H11Na3O9S3. The first-order valence-corrected chi connectivity index (χ1v) is 9.62. The molecule has 0 fully saturated rings. The molecule has 0 aromatic heterocycles. The molecule has 0 aliphatic rings. The first-order chi connectivity index (χ1) is 9.80. The van der Waals surface area contributed by atoms with Gasteiger partial charge in [0.15, 0.2) is 0 Å². The Morgan fingerprint density at radius 2 is 1.08 bits per heavy atom. The van der Waals surface area contributed by atoms with Crippen LogP contribution in [0.1, 0.15) is 4.28 Å². The van der Waals surface area contributed by atoms with E-state index >= 15 is 0 Å². The summed E-state index contributed by atoms with van der Waals surface area (Å²) < 4.78 is 94.1. The first-order valence-electron chi connectivity index (χ1n) is 5.30. The Morgan fingerprint density at radius 1 is 0.640 bits per heavy atom. The van der Waals surface area contributed by atoms with Crippen molar-refractivity contribution in [2.75, 3.05) is 0 Å². The summed E-state index contributed by atoms with van der Waals surface area (Å²) in [5.74, 6) is 0. The Bertz CT molecular complexity index is 1100. The molecule has 9 nitrogen and oxygen atoms in total. The van der Waals surface area contributed by atoms with Crippen molar-refractivity contribution in [1.82, 2.24) is 0 Å². The molecule has 0 spiro atoms. The van der Waals surface area contributed by atoms with Crippen LogP contribution in [-0.2, 0) is 30.4 Å². The van der Waals surface area contributed by atoms with Crippen molar-refractivity contribution in [3.05, 3.63) is 30.3 Å². The van der Waals surface area contributed by atoms with Crippen molar-refractivity contribution in [3.8, 4) is 0 Å². The van der Waals surface area contributed by atoms with Crippen LogP contribution in [-0.4, -0.2) is 38.9 Å². The molecule has 0 amide bonds. The molecule has 25 heavy (non-hydrogen) atoms. The third-order valence-corrected chi connectivity index (χ3v) is 5.31. The Hall–Kier alpha value is 1.43.